The maximum Gasteiger partial charge on any atom is 0.216 e. The summed E-state index contributed by atoms with van der Waals surface area (Å²) >= 11 is 0. The first kappa shape index (κ1) is 10.6. The van der Waals surface area contributed by atoms with Gasteiger partial charge < -0.3 is 10.6 Å². The Labute approximate surface area is 82.0 Å². The molecule has 14 heavy (non-hydrogen) atoms. The van der Waals surface area contributed by atoms with Gasteiger partial charge in [0.25, 0.3) is 0 Å². The molecule has 0 spiro atoms. The van der Waals surface area contributed by atoms with Crippen LogP contribution in [0.2, 0.25) is 0 Å². The van der Waals surface area contributed by atoms with Crippen LogP contribution in [0.25, 0.3) is 0 Å². The van der Waals surface area contributed by atoms with Gasteiger partial charge in [-0.3, -0.25) is 4.79 Å². The molecule has 0 aromatic carbocycles. The highest BCUT2D eigenvalue weighted by Gasteiger charge is 2.02. The molecule has 0 saturated heterocycles. The SMILES string of the molecule is CC(=O)NCCNCc1nonc1C. The maximum atomic E-state index is 10.5. The third-order valence-electron chi connectivity index (χ3n) is 1.71. The molecule has 0 atom stereocenters. The highest BCUT2D eigenvalue weighted by atomic mass is 16.6. The van der Waals surface area contributed by atoms with Gasteiger partial charge in [-0.1, -0.05) is 10.3 Å². The second kappa shape index (κ2) is 5.33. The summed E-state index contributed by atoms with van der Waals surface area (Å²) in [6.45, 7) is 5.24. The van der Waals surface area contributed by atoms with E-state index < -0.39 is 0 Å². The number of hydrogen-bond donors (Lipinski definition) is 2. The molecule has 78 valence electrons. The summed E-state index contributed by atoms with van der Waals surface area (Å²) in [5, 5.41) is 13.1. The Balaban J connectivity index is 2.10. The standard InChI is InChI=1S/C8H14N4O2/c1-6-8(12-14-11-6)5-9-3-4-10-7(2)13/h9H,3-5H2,1-2H3,(H,10,13). The number of carbonyl (C=O) groups is 1. The van der Waals surface area contributed by atoms with E-state index in [2.05, 4.69) is 25.6 Å². The minimum absolute atomic E-state index is 0.0221. The second-order valence-electron chi connectivity index (χ2n) is 2.96. The lowest BCUT2D eigenvalue weighted by molar-refractivity contribution is -0.118. The lowest BCUT2D eigenvalue weighted by Crippen LogP contribution is -2.30. The summed E-state index contributed by atoms with van der Waals surface area (Å²) in [7, 11) is 0. The third kappa shape index (κ3) is 3.53. The zero-order valence-electron chi connectivity index (χ0n) is 8.33. The molecular weight excluding hydrogens is 184 g/mol. The highest BCUT2D eigenvalue weighted by molar-refractivity contribution is 5.72. The van der Waals surface area contributed by atoms with Gasteiger partial charge in [-0.15, -0.1) is 0 Å². The van der Waals surface area contributed by atoms with E-state index in [-0.39, 0.29) is 5.91 Å². The molecular formula is C8H14N4O2. The number of amides is 1. The van der Waals surface area contributed by atoms with Crippen LogP contribution >= 0.6 is 0 Å². The average molecular weight is 198 g/mol. The van der Waals surface area contributed by atoms with Crippen molar-refractivity contribution in [3.63, 3.8) is 0 Å². The van der Waals surface area contributed by atoms with E-state index >= 15 is 0 Å². The van der Waals surface area contributed by atoms with E-state index in [4.69, 9.17) is 0 Å². The van der Waals surface area contributed by atoms with Gasteiger partial charge in [0.15, 0.2) is 0 Å². The van der Waals surface area contributed by atoms with Gasteiger partial charge in [0, 0.05) is 26.6 Å². The predicted octanol–water partition coefficient (Wildman–Crippen LogP) is -0.396. The van der Waals surface area contributed by atoms with Gasteiger partial charge in [-0.2, -0.15) is 0 Å². The van der Waals surface area contributed by atoms with Crippen LogP contribution in [0.1, 0.15) is 18.3 Å². The quantitative estimate of drug-likeness (QED) is 0.629. The van der Waals surface area contributed by atoms with Crippen molar-refractivity contribution in [3.05, 3.63) is 11.4 Å². The Morgan fingerprint density at radius 3 is 2.79 bits per heavy atom. The Hall–Kier alpha value is -1.43. The lowest BCUT2D eigenvalue weighted by Gasteiger charge is -2.02. The molecule has 6 heteroatoms. The van der Waals surface area contributed by atoms with Crippen molar-refractivity contribution in [3.8, 4) is 0 Å². The van der Waals surface area contributed by atoms with Crippen LogP contribution in [0.4, 0.5) is 0 Å². The van der Waals surface area contributed by atoms with Crippen molar-refractivity contribution in [1.29, 1.82) is 0 Å². The monoisotopic (exact) mass is 198 g/mol. The van der Waals surface area contributed by atoms with Crippen LogP contribution in [-0.2, 0) is 11.3 Å². The molecule has 0 unspecified atom stereocenters. The van der Waals surface area contributed by atoms with Gasteiger partial charge in [-0.25, -0.2) is 4.63 Å². The number of carbonyl (C=O) groups excluding carboxylic acids is 1. The van der Waals surface area contributed by atoms with Crippen LogP contribution in [0.3, 0.4) is 0 Å². The van der Waals surface area contributed by atoms with Crippen LogP contribution in [0.15, 0.2) is 4.63 Å². The molecule has 2 N–H and O–H groups in total. The van der Waals surface area contributed by atoms with Gasteiger partial charge in [0.05, 0.1) is 0 Å². The molecule has 0 saturated carbocycles. The van der Waals surface area contributed by atoms with E-state index in [1.54, 1.807) is 0 Å². The first-order valence-electron chi connectivity index (χ1n) is 4.43. The van der Waals surface area contributed by atoms with E-state index in [1.807, 2.05) is 6.92 Å². The molecule has 0 aliphatic rings. The van der Waals surface area contributed by atoms with Gasteiger partial charge in [0.1, 0.15) is 11.4 Å². The normalized spacial score (nSPS) is 10.1. The predicted molar refractivity (Wildman–Crippen MR) is 49.4 cm³/mol. The summed E-state index contributed by atoms with van der Waals surface area (Å²) in [4.78, 5) is 10.5. The molecule has 1 aromatic rings. The van der Waals surface area contributed by atoms with Gasteiger partial charge >= 0.3 is 0 Å². The van der Waals surface area contributed by atoms with Crippen LogP contribution in [0, 0.1) is 6.92 Å². The zero-order chi connectivity index (χ0) is 10.4. The van der Waals surface area contributed by atoms with Crippen molar-refractivity contribution in [2.75, 3.05) is 13.1 Å². The van der Waals surface area contributed by atoms with Crippen molar-refractivity contribution in [2.24, 2.45) is 0 Å². The highest BCUT2D eigenvalue weighted by Crippen LogP contribution is 1.98. The molecule has 0 radical (unpaired) electrons. The molecule has 0 fully saturated rings. The molecule has 0 aliphatic carbocycles. The van der Waals surface area contributed by atoms with E-state index in [1.165, 1.54) is 6.92 Å². The van der Waals surface area contributed by atoms with Crippen LogP contribution in [0.5, 0.6) is 0 Å². The summed E-state index contributed by atoms with van der Waals surface area (Å²) < 4.78 is 4.53. The molecule has 0 aliphatic heterocycles. The van der Waals surface area contributed by atoms with E-state index in [9.17, 15) is 4.79 Å². The topological polar surface area (TPSA) is 80.0 Å². The largest absolute Gasteiger partial charge is 0.355 e. The zero-order valence-corrected chi connectivity index (χ0v) is 8.33. The number of aryl methyl sites for hydroxylation is 1. The third-order valence-corrected chi connectivity index (χ3v) is 1.71. The summed E-state index contributed by atoms with van der Waals surface area (Å²) in [6, 6.07) is 0. The minimum Gasteiger partial charge on any atom is -0.355 e. The smallest absolute Gasteiger partial charge is 0.216 e. The van der Waals surface area contributed by atoms with Crippen LogP contribution < -0.4 is 10.6 Å². The fraction of sp³-hybridized carbons (Fsp3) is 0.625. The Morgan fingerprint density at radius 2 is 2.21 bits per heavy atom. The summed E-state index contributed by atoms with van der Waals surface area (Å²) in [6.07, 6.45) is 0. The Bertz CT molecular complexity index is 297. The van der Waals surface area contributed by atoms with Gasteiger partial charge in [-0.05, 0) is 6.92 Å². The number of aromatic nitrogens is 2. The molecule has 1 rings (SSSR count). The Kier molecular flexibility index (Phi) is 4.06. The first-order valence-corrected chi connectivity index (χ1v) is 4.43. The van der Waals surface area contributed by atoms with Crippen molar-refractivity contribution in [1.82, 2.24) is 20.9 Å². The van der Waals surface area contributed by atoms with Gasteiger partial charge in [0.2, 0.25) is 5.91 Å². The average Bonchev–Trinajstić information content (AvgIpc) is 2.51. The number of hydrogen-bond acceptors (Lipinski definition) is 5. The molecule has 0 bridgehead atoms. The number of nitrogens with zero attached hydrogens (tertiary/aromatic N) is 2. The first-order chi connectivity index (χ1) is 6.70. The van der Waals surface area contributed by atoms with Crippen molar-refractivity contribution in [2.45, 2.75) is 20.4 Å². The maximum absolute atomic E-state index is 10.5. The Morgan fingerprint density at radius 1 is 1.43 bits per heavy atom. The summed E-state index contributed by atoms with van der Waals surface area (Å²) in [5.41, 5.74) is 1.59. The lowest BCUT2D eigenvalue weighted by atomic mass is 10.3. The fourth-order valence-electron chi connectivity index (χ4n) is 0.944. The van der Waals surface area contributed by atoms with E-state index in [0.717, 1.165) is 11.4 Å². The summed E-state index contributed by atoms with van der Waals surface area (Å²) in [5.74, 6) is -0.0221. The van der Waals surface area contributed by atoms with Crippen LogP contribution in [-0.4, -0.2) is 29.3 Å². The van der Waals surface area contributed by atoms with Crippen molar-refractivity contribution >= 4 is 5.91 Å². The van der Waals surface area contributed by atoms with E-state index in [0.29, 0.717) is 19.6 Å². The number of rotatable bonds is 5. The number of nitrogens with one attached hydrogen (secondary N) is 2. The fourth-order valence-corrected chi connectivity index (χ4v) is 0.944. The molecule has 6 nitrogen and oxygen atoms in total. The molecule has 1 aromatic heterocycles. The minimum atomic E-state index is -0.0221. The molecule has 1 heterocycles. The van der Waals surface area contributed by atoms with Crippen molar-refractivity contribution < 1.29 is 9.42 Å². The molecule has 1 amide bonds. The second-order valence-corrected chi connectivity index (χ2v) is 2.96.